The van der Waals surface area contributed by atoms with Crippen molar-refractivity contribution >= 4 is 5.97 Å². The minimum absolute atomic E-state index is 0.225. The SMILES string of the molecule is C=C1CC2(CCOCC2)OC1=O. The van der Waals surface area contributed by atoms with Gasteiger partial charge in [0.15, 0.2) is 0 Å². The molecular formula is C9H12O3. The van der Waals surface area contributed by atoms with Gasteiger partial charge in [-0.3, -0.25) is 0 Å². The molecule has 1 spiro atoms. The fourth-order valence-corrected chi connectivity index (χ4v) is 1.79. The van der Waals surface area contributed by atoms with Crippen LogP contribution in [0.4, 0.5) is 0 Å². The molecule has 2 heterocycles. The first-order valence-electron chi connectivity index (χ1n) is 4.21. The molecule has 0 aromatic heterocycles. The Balaban J connectivity index is 2.12. The third-order valence-electron chi connectivity index (χ3n) is 2.54. The number of carbonyl (C=O) groups excluding carboxylic acids is 1. The highest BCUT2D eigenvalue weighted by Gasteiger charge is 2.43. The Labute approximate surface area is 71.3 Å². The summed E-state index contributed by atoms with van der Waals surface area (Å²) in [5.41, 5.74) is 0.351. The van der Waals surface area contributed by atoms with E-state index in [4.69, 9.17) is 9.47 Å². The van der Waals surface area contributed by atoms with Crippen molar-refractivity contribution in [3.63, 3.8) is 0 Å². The molecule has 66 valence electrons. The zero-order valence-electron chi connectivity index (χ0n) is 6.97. The van der Waals surface area contributed by atoms with Gasteiger partial charge in [0.2, 0.25) is 0 Å². The summed E-state index contributed by atoms with van der Waals surface area (Å²) >= 11 is 0. The molecule has 0 radical (unpaired) electrons. The van der Waals surface area contributed by atoms with Crippen molar-refractivity contribution in [1.82, 2.24) is 0 Å². The van der Waals surface area contributed by atoms with Crippen LogP contribution in [0, 0.1) is 0 Å². The van der Waals surface area contributed by atoms with Crippen molar-refractivity contribution in [2.75, 3.05) is 13.2 Å². The topological polar surface area (TPSA) is 35.5 Å². The van der Waals surface area contributed by atoms with Crippen LogP contribution in [0.2, 0.25) is 0 Å². The molecule has 12 heavy (non-hydrogen) atoms. The maximum Gasteiger partial charge on any atom is 0.334 e. The fraction of sp³-hybridized carbons (Fsp3) is 0.667. The first-order chi connectivity index (χ1) is 5.72. The Morgan fingerprint density at radius 2 is 2.00 bits per heavy atom. The van der Waals surface area contributed by atoms with Crippen LogP contribution in [-0.2, 0) is 14.3 Å². The standard InChI is InChI=1S/C9H12O3/c1-7-6-9(12-8(7)10)2-4-11-5-3-9/h1-6H2. The summed E-state index contributed by atoms with van der Waals surface area (Å²) in [5, 5.41) is 0. The van der Waals surface area contributed by atoms with Crippen molar-refractivity contribution in [3.8, 4) is 0 Å². The molecule has 0 aromatic rings. The molecule has 2 aliphatic heterocycles. The molecule has 2 rings (SSSR count). The van der Waals surface area contributed by atoms with Crippen molar-refractivity contribution in [2.24, 2.45) is 0 Å². The lowest BCUT2D eigenvalue weighted by molar-refractivity contribution is -0.153. The van der Waals surface area contributed by atoms with Crippen molar-refractivity contribution < 1.29 is 14.3 Å². The van der Waals surface area contributed by atoms with Gasteiger partial charge in [-0.2, -0.15) is 0 Å². The molecule has 0 atom stereocenters. The second-order valence-corrected chi connectivity index (χ2v) is 3.47. The van der Waals surface area contributed by atoms with Gasteiger partial charge in [0.25, 0.3) is 0 Å². The van der Waals surface area contributed by atoms with Gasteiger partial charge in [-0.1, -0.05) is 6.58 Å². The number of esters is 1. The highest BCUT2D eigenvalue weighted by molar-refractivity contribution is 5.90. The number of ether oxygens (including phenoxy) is 2. The van der Waals surface area contributed by atoms with Gasteiger partial charge in [-0.15, -0.1) is 0 Å². The largest absolute Gasteiger partial charge is 0.455 e. The van der Waals surface area contributed by atoms with Crippen LogP contribution in [0.15, 0.2) is 12.2 Å². The van der Waals surface area contributed by atoms with Crippen LogP contribution < -0.4 is 0 Å². The van der Waals surface area contributed by atoms with E-state index in [9.17, 15) is 4.79 Å². The van der Waals surface area contributed by atoms with Crippen LogP contribution in [-0.4, -0.2) is 24.8 Å². The molecule has 2 saturated heterocycles. The third kappa shape index (κ3) is 1.14. The highest BCUT2D eigenvalue weighted by Crippen LogP contribution is 2.37. The molecule has 0 amide bonds. The normalized spacial score (nSPS) is 27.7. The number of hydrogen-bond donors (Lipinski definition) is 0. The van der Waals surface area contributed by atoms with Crippen molar-refractivity contribution in [3.05, 3.63) is 12.2 Å². The van der Waals surface area contributed by atoms with Gasteiger partial charge >= 0.3 is 5.97 Å². The van der Waals surface area contributed by atoms with Crippen LogP contribution >= 0.6 is 0 Å². The molecule has 0 bridgehead atoms. The summed E-state index contributed by atoms with van der Waals surface area (Å²) < 4.78 is 10.5. The van der Waals surface area contributed by atoms with E-state index in [1.54, 1.807) is 0 Å². The van der Waals surface area contributed by atoms with Gasteiger partial charge in [-0.25, -0.2) is 4.79 Å². The Bertz CT molecular complexity index is 208. The summed E-state index contributed by atoms with van der Waals surface area (Å²) in [6.45, 7) is 5.06. The molecule has 0 aromatic carbocycles. The van der Waals surface area contributed by atoms with Crippen LogP contribution in [0.25, 0.3) is 0 Å². The van der Waals surface area contributed by atoms with E-state index in [0.717, 1.165) is 12.8 Å². The molecule has 3 nitrogen and oxygen atoms in total. The van der Waals surface area contributed by atoms with Gasteiger partial charge in [0, 0.05) is 24.8 Å². The molecule has 2 fully saturated rings. The summed E-state index contributed by atoms with van der Waals surface area (Å²) in [7, 11) is 0. The van der Waals surface area contributed by atoms with Crippen LogP contribution in [0.3, 0.4) is 0 Å². The molecule has 0 aliphatic carbocycles. The first kappa shape index (κ1) is 7.80. The maximum absolute atomic E-state index is 11.1. The fourth-order valence-electron chi connectivity index (χ4n) is 1.79. The minimum atomic E-state index is -0.258. The van der Waals surface area contributed by atoms with Gasteiger partial charge in [0.05, 0.1) is 13.2 Å². The van der Waals surface area contributed by atoms with E-state index in [0.29, 0.717) is 25.2 Å². The molecular weight excluding hydrogens is 156 g/mol. The van der Waals surface area contributed by atoms with Gasteiger partial charge < -0.3 is 9.47 Å². The highest BCUT2D eigenvalue weighted by atomic mass is 16.6. The third-order valence-corrected chi connectivity index (χ3v) is 2.54. The van der Waals surface area contributed by atoms with Crippen molar-refractivity contribution in [1.29, 1.82) is 0 Å². The van der Waals surface area contributed by atoms with E-state index in [1.807, 2.05) is 0 Å². The molecule has 3 heteroatoms. The predicted octanol–water partition coefficient (Wildman–Crippen LogP) is 1.04. The predicted molar refractivity (Wildman–Crippen MR) is 42.6 cm³/mol. The van der Waals surface area contributed by atoms with Crippen LogP contribution in [0.5, 0.6) is 0 Å². The quantitative estimate of drug-likeness (QED) is 0.400. The lowest BCUT2D eigenvalue weighted by atomic mass is 9.90. The number of hydrogen-bond acceptors (Lipinski definition) is 3. The smallest absolute Gasteiger partial charge is 0.334 e. The Hall–Kier alpha value is -0.830. The summed E-state index contributed by atoms with van der Waals surface area (Å²) in [6.07, 6.45) is 2.32. The summed E-state index contributed by atoms with van der Waals surface area (Å²) in [4.78, 5) is 11.1. The van der Waals surface area contributed by atoms with E-state index < -0.39 is 0 Å². The van der Waals surface area contributed by atoms with E-state index in [2.05, 4.69) is 6.58 Å². The van der Waals surface area contributed by atoms with Gasteiger partial charge in [0.1, 0.15) is 5.60 Å². The Morgan fingerprint density at radius 3 is 2.50 bits per heavy atom. The Morgan fingerprint density at radius 1 is 1.33 bits per heavy atom. The molecule has 0 N–H and O–H groups in total. The van der Waals surface area contributed by atoms with Gasteiger partial charge in [-0.05, 0) is 0 Å². The number of rotatable bonds is 0. The van der Waals surface area contributed by atoms with Crippen LogP contribution in [0.1, 0.15) is 19.3 Å². The Kier molecular flexibility index (Phi) is 1.68. The maximum atomic E-state index is 11.1. The first-order valence-corrected chi connectivity index (χ1v) is 4.21. The average Bonchev–Trinajstić information content (AvgIpc) is 2.29. The molecule has 0 saturated carbocycles. The second kappa shape index (κ2) is 2.59. The molecule has 2 aliphatic rings. The lowest BCUT2D eigenvalue weighted by Gasteiger charge is -2.30. The zero-order chi connectivity index (χ0) is 8.60. The lowest BCUT2D eigenvalue weighted by Crippen LogP contribution is -2.35. The van der Waals surface area contributed by atoms with Crippen molar-refractivity contribution in [2.45, 2.75) is 24.9 Å². The minimum Gasteiger partial charge on any atom is -0.455 e. The number of carbonyl (C=O) groups is 1. The summed E-state index contributed by atoms with van der Waals surface area (Å²) in [6, 6.07) is 0. The monoisotopic (exact) mass is 168 g/mol. The van der Waals surface area contributed by atoms with E-state index >= 15 is 0 Å². The zero-order valence-corrected chi connectivity index (χ0v) is 6.97. The average molecular weight is 168 g/mol. The second-order valence-electron chi connectivity index (χ2n) is 3.47. The summed E-state index contributed by atoms with van der Waals surface area (Å²) in [5.74, 6) is -0.225. The van der Waals surface area contributed by atoms with E-state index in [1.165, 1.54) is 0 Å². The molecule has 0 unspecified atom stereocenters. The van der Waals surface area contributed by atoms with E-state index in [-0.39, 0.29) is 11.6 Å².